The normalized spacial score (nSPS) is 16.3. The Hall–Kier alpha value is -2.67. The zero-order chi connectivity index (χ0) is 18.8. The third-order valence-electron chi connectivity index (χ3n) is 5.34. The third-order valence-corrected chi connectivity index (χ3v) is 5.34. The molecule has 0 aliphatic carbocycles. The van der Waals surface area contributed by atoms with Crippen LogP contribution in [0.15, 0.2) is 47.5 Å². The van der Waals surface area contributed by atoms with Crippen LogP contribution in [0, 0.1) is 0 Å². The summed E-state index contributed by atoms with van der Waals surface area (Å²) in [6.07, 6.45) is 5.90. The van der Waals surface area contributed by atoms with Gasteiger partial charge in [-0.2, -0.15) is 5.10 Å². The molecule has 27 heavy (non-hydrogen) atoms. The molecule has 0 amide bonds. The predicted molar refractivity (Wildman–Crippen MR) is 104 cm³/mol. The number of nitrogens with one attached hydrogen (secondary N) is 1. The molecule has 7 nitrogen and oxygen atoms in total. The molecule has 0 saturated carbocycles. The summed E-state index contributed by atoms with van der Waals surface area (Å²) in [4.78, 5) is 19.2. The lowest BCUT2D eigenvalue weighted by Gasteiger charge is -2.31. The van der Waals surface area contributed by atoms with Crippen LogP contribution in [-0.4, -0.2) is 42.3 Å². The SMILES string of the molecule is CC(C)n1ccnc1CN1CCC(c2n[nH]c(=O)n2-c2ccccc2)CC1. The summed E-state index contributed by atoms with van der Waals surface area (Å²) in [5, 5.41) is 6.98. The maximum atomic E-state index is 12.3. The van der Waals surface area contributed by atoms with Crippen molar-refractivity contribution in [2.75, 3.05) is 13.1 Å². The van der Waals surface area contributed by atoms with Gasteiger partial charge in [0.2, 0.25) is 0 Å². The van der Waals surface area contributed by atoms with Crippen LogP contribution in [0.25, 0.3) is 5.69 Å². The molecule has 3 heterocycles. The molecule has 0 bridgehead atoms. The molecule has 1 N–H and O–H groups in total. The number of likely N-dealkylation sites (tertiary alicyclic amines) is 1. The van der Waals surface area contributed by atoms with E-state index in [2.05, 4.69) is 44.7 Å². The summed E-state index contributed by atoms with van der Waals surface area (Å²) in [5.41, 5.74) is 0.699. The van der Waals surface area contributed by atoms with Crippen LogP contribution < -0.4 is 5.69 Å². The maximum absolute atomic E-state index is 12.3. The number of nitrogens with zero attached hydrogens (tertiary/aromatic N) is 5. The molecule has 1 saturated heterocycles. The molecular weight excluding hydrogens is 340 g/mol. The van der Waals surface area contributed by atoms with E-state index in [-0.39, 0.29) is 11.6 Å². The van der Waals surface area contributed by atoms with Crippen molar-refractivity contribution in [3.63, 3.8) is 0 Å². The second-order valence-electron chi connectivity index (χ2n) is 7.45. The van der Waals surface area contributed by atoms with Crippen LogP contribution in [0.3, 0.4) is 0 Å². The fourth-order valence-corrected chi connectivity index (χ4v) is 3.90. The monoisotopic (exact) mass is 366 g/mol. The molecule has 7 heteroatoms. The van der Waals surface area contributed by atoms with Crippen LogP contribution >= 0.6 is 0 Å². The van der Waals surface area contributed by atoms with E-state index in [0.29, 0.717) is 6.04 Å². The molecule has 1 fully saturated rings. The zero-order valence-corrected chi connectivity index (χ0v) is 15.9. The van der Waals surface area contributed by atoms with Crippen LogP contribution in [0.1, 0.15) is 50.3 Å². The summed E-state index contributed by atoms with van der Waals surface area (Å²) in [5.74, 6) is 2.24. The summed E-state index contributed by atoms with van der Waals surface area (Å²) in [6, 6.07) is 10.1. The van der Waals surface area contributed by atoms with E-state index in [0.717, 1.165) is 49.8 Å². The molecule has 1 aliphatic heterocycles. The number of hydrogen-bond acceptors (Lipinski definition) is 4. The quantitative estimate of drug-likeness (QED) is 0.754. The lowest BCUT2D eigenvalue weighted by Crippen LogP contribution is -2.34. The molecule has 0 spiro atoms. The van der Waals surface area contributed by atoms with E-state index in [1.165, 1.54) is 0 Å². The van der Waals surface area contributed by atoms with E-state index >= 15 is 0 Å². The molecule has 0 radical (unpaired) electrons. The number of hydrogen-bond donors (Lipinski definition) is 1. The smallest absolute Gasteiger partial charge is 0.331 e. The minimum Gasteiger partial charge on any atom is -0.331 e. The highest BCUT2D eigenvalue weighted by Gasteiger charge is 2.26. The zero-order valence-electron chi connectivity index (χ0n) is 15.9. The van der Waals surface area contributed by atoms with E-state index in [1.807, 2.05) is 36.5 Å². The van der Waals surface area contributed by atoms with Crippen molar-refractivity contribution < 1.29 is 0 Å². The molecule has 4 rings (SSSR count). The van der Waals surface area contributed by atoms with Crippen LogP contribution in [0.4, 0.5) is 0 Å². The van der Waals surface area contributed by atoms with E-state index < -0.39 is 0 Å². The van der Waals surface area contributed by atoms with Crippen molar-refractivity contribution >= 4 is 0 Å². The number of aromatic nitrogens is 5. The summed E-state index contributed by atoms with van der Waals surface area (Å²) in [7, 11) is 0. The van der Waals surface area contributed by atoms with Gasteiger partial charge in [0.1, 0.15) is 11.6 Å². The van der Waals surface area contributed by atoms with Gasteiger partial charge in [0.15, 0.2) is 0 Å². The van der Waals surface area contributed by atoms with Crippen molar-refractivity contribution in [2.45, 2.75) is 45.2 Å². The standard InChI is InChI=1S/C20H26N6O/c1-15(2)25-13-10-21-18(25)14-24-11-8-16(9-12-24)19-22-23-20(27)26(19)17-6-4-3-5-7-17/h3-7,10,13,15-16H,8-9,11-12,14H2,1-2H3,(H,23,27). The molecule has 1 aliphatic rings. The van der Waals surface area contributed by atoms with Crippen molar-refractivity contribution in [3.05, 3.63) is 64.9 Å². The van der Waals surface area contributed by atoms with Crippen molar-refractivity contribution in [2.24, 2.45) is 0 Å². The summed E-state index contributed by atoms with van der Waals surface area (Å²) >= 11 is 0. The summed E-state index contributed by atoms with van der Waals surface area (Å²) < 4.78 is 3.94. The average Bonchev–Trinajstić information content (AvgIpc) is 3.30. The van der Waals surface area contributed by atoms with Gasteiger partial charge in [0.05, 0.1) is 12.2 Å². The van der Waals surface area contributed by atoms with E-state index in [4.69, 9.17) is 0 Å². The van der Waals surface area contributed by atoms with Gasteiger partial charge in [-0.3, -0.25) is 4.90 Å². The van der Waals surface area contributed by atoms with Crippen molar-refractivity contribution in [1.29, 1.82) is 0 Å². The van der Waals surface area contributed by atoms with Gasteiger partial charge in [-0.25, -0.2) is 19.4 Å². The van der Waals surface area contributed by atoms with Crippen LogP contribution in [0.5, 0.6) is 0 Å². The Kier molecular flexibility index (Phi) is 4.94. The Morgan fingerprint density at radius 3 is 2.63 bits per heavy atom. The van der Waals surface area contributed by atoms with Gasteiger partial charge in [0, 0.05) is 24.4 Å². The number of rotatable bonds is 5. The number of benzene rings is 1. The van der Waals surface area contributed by atoms with Crippen LogP contribution in [-0.2, 0) is 6.54 Å². The Bertz CT molecular complexity index is 931. The number of aromatic amines is 1. The molecule has 2 aromatic heterocycles. The highest BCUT2D eigenvalue weighted by atomic mass is 16.1. The summed E-state index contributed by atoms with van der Waals surface area (Å²) in [6.45, 7) is 7.18. The second-order valence-corrected chi connectivity index (χ2v) is 7.45. The third kappa shape index (κ3) is 3.60. The topological polar surface area (TPSA) is 71.7 Å². The molecular formula is C20H26N6O. The largest absolute Gasteiger partial charge is 0.347 e. The number of para-hydroxylation sites is 1. The van der Waals surface area contributed by atoms with Gasteiger partial charge in [-0.05, 0) is 51.9 Å². The molecule has 3 aromatic rings. The second kappa shape index (κ2) is 7.52. The van der Waals surface area contributed by atoms with Gasteiger partial charge >= 0.3 is 5.69 Å². The van der Waals surface area contributed by atoms with Crippen molar-refractivity contribution in [3.8, 4) is 5.69 Å². The number of piperidine rings is 1. The first kappa shape index (κ1) is 17.7. The first-order valence-corrected chi connectivity index (χ1v) is 9.60. The Morgan fingerprint density at radius 1 is 1.19 bits per heavy atom. The fourth-order valence-electron chi connectivity index (χ4n) is 3.90. The lowest BCUT2D eigenvalue weighted by molar-refractivity contribution is 0.193. The molecule has 1 aromatic carbocycles. The minimum atomic E-state index is -0.169. The minimum absolute atomic E-state index is 0.169. The van der Waals surface area contributed by atoms with Gasteiger partial charge < -0.3 is 4.57 Å². The van der Waals surface area contributed by atoms with Crippen LogP contribution in [0.2, 0.25) is 0 Å². The fraction of sp³-hybridized carbons (Fsp3) is 0.450. The maximum Gasteiger partial charge on any atom is 0.347 e. The highest BCUT2D eigenvalue weighted by molar-refractivity contribution is 5.32. The van der Waals surface area contributed by atoms with Gasteiger partial charge in [-0.1, -0.05) is 18.2 Å². The predicted octanol–water partition coefficient (Wildman–Crippen LogP) is 2.72. The Balaban J connectivity index is 1.46. The van der Waals surface area contributed by atoms with E-state index in [9.17, 15) is 4.79 Å². The average molecular weight is 366 g/mol. The highest BCUT2D eigenvalue weighted by Crippen LogP contribution is 2.28. The Labute approximate surface area is 158 Å². The number of H-pyrrole nitrogens is 1. The van der Waals surface area contributed by atoms with Gasteiger partial charge in [0.25, 0.3) is 0 Å². The first-order chi connectivity index (χ1) is 13.1. The van der Waals surface area contributed by atoms with Crippen molar-refractivity contribution in [1.82, 2.24) is 29.2 Å². The Morgan fingerprint density at radius 2 is 1.93 bits per heavy atom. The first-order valence-electron chi connectivity index (χ1n) is 9.60. The molecule has 0 unspecified atom stereocenters. The van der Waals surface area contributed by atoms with Gasteiger partial charge in [-0.15, -0.1) is 0 Å². The molecule has 0 atom stereocenters. The lowest BCUT2D eigenvalue weighted by atomic mass is 9.95. The number of imidazole rings is 1. The van der Waals surface area contributed by atoms with E-state index in [1.54, 1.807) is 4.57 Å². The molecule has 142 valence electrons.